The van der Waals surface area contributed by atoms with Crippen LogP contribution in [0.25, 0.3) is 0 Å². The molecule has 0 spiro atoms. The average molecular weight is 1790 g/mol. The number of para-hydroxylation sites is 4. The van der Waals surface area contributed by atoms with E-state index < -0.39 is 23.9 Å². The summed E-state index contributed by atoms with van der Waals surface area (Å²) >= 11 is 22.8. The van der Waals surface area contributed by atoms with Crippen molar-refractivity contribution in [2.45, 2.75) is 69.2 Å². The van der Waals surface area contributed by atoms with Crippen LogP contribution in [0.15, 0.2) is 190 Å². The number of aliphatic hydroxyl groups excluding tert-OH is 10. The molecule has 0 aliphatic carbocycles. The molecule has 34 heteroatoms. The minimum Gasteiger partial charge on any atom is -0.872 e. The van der Waals surface area contributed by atoms with Crippen LogP contribution in [-0.2, 0) is 66.0 Å². The van der Waals surface area contributed by atoms with Crippen LogP contribution >= 0.6 is 46.4 Å². The Morgan fingerprint density at radius 3 is 0.518 bits per heavy atom. The van der Waals surface area contributed by atoms with E-state index in [4.69, 9.17) is 97.5 Å². The Hall–Kier alpha value is -7.75. The van der Waals surface area contributed by atoms with Crippen molar-refractivity contribution in [1.82, 2.24) is 0 Å². The van der Waals surface area contributed by atoms with Gasteiger partial charge in [-0.1, -0.05) is 143 Å². The average Bonchev–Trinajstić information content (AvgIpc) is 0.864. The molecule has 0 aliphatic heterocycles. The molecule has 0 radical (unpaired) electrons. The predicted molar refractivity (Wildman–Crippen MR) is 403 cm³/mol. The SMILES string of the molecule is CCO.CCO.CCO.CCO.CCO.CCO.CCO.CCO.CCO.CCO.O=C([O-])c1cc(Cl)ccc1N=Cc1ccccc1[O-].O=C([O-])c1cc(Cl)ccc1N=Cc1ccccc1[O-].O=C([O-])c1cc(Cl)ccc1N=Cc1ccccc1[O-].O=C([O-])c1cc(Cl)ccc1N=Cc1ccccc1[O-].[Ni+2].[Ni+2].[Ni+2].[Ni+2]. The predicted octanol–water partition coefficient (Wildman–Crippen LogP) is 6.09. The van der Waals surface area contributed by atoms with Crippen LogP contribution in [0.3, 0.4) is 0 Å². The minimum atomic E-state index is -1.37. The van der Waals surface area contributed by atoms with Gasteiger partial charge in [-0.15, -0.1) is 23.0 Å². The topological polar surface area (TPSA) is 504 Å². The molecular formula is C76H92Cl4N4Ni4O22. The molecule has 0 aromatic heterocycles. The van der Waals surface area contributed by atoms with Gasteiger partial charge < -0.3 is 111 Å². The zero-order valence-corrected chi connectivity index (χ0v) is 68.5. The van der Waals surface area contributed by atoms with Crippen LogP contribution in [-0.4, -0.2) is 166 Å². The van der Waals surface area contributed by atoms with E-state index in [9.17, 15) is 60.0 Å². The molecule has 0 bridgehead atoms. The number of carboxylic acid groups (broad SMARTS) is 4. The molecule has 8 aromatic rings. The molecule has 0 unspecified atom stereocenters. The zero-order chi connectivity index (χ0) is 82.4. The van der Waals surface area contributed by atoms with Gasteiger partial charge in [0, 0.05) is 133 Å². The van der Waals surface area contributed by atoms with Crippen molar-refractivity contribution < 1.29 is 177 Å². The first-order valence-electron chi connectivity index (χ1n) is 31.8. The van der Waals surface area contributed by atoms with Crippen LogP contribution in [0.1, 0.15) is 133 Å². The maximum atomic E-state index is 11.5. The van der Waals surface area contributed by atoms with E-state index in [1.54, 1.807) is 142 Å². The van der Waals surface area contributed by atoms with Crippen LogP contribution in [0.4, 0.5) is 22.7 Å². The second-order valence-corrected chi connectivity index (χ2v) is 19.9. The number of hydrogen-bond donors (Lipinski definition) is 10. The van der Waals surface area contributed by atoms with Crippen LogP contribution < -0.4 is 40.9 Å². The Labute approximate surface area is 702 Å². The summed E-state index contributed by atoms with van der Waals surface area (Å²) in [4.78, 5) is 59.8. The quantitative estimate of drug-likeness (QED) is 0.0489. The first kappa shape index (κ1) is 123. The van der Waals surface area contributed by atoms with Crippen molar-refractivity contribution >= 4 is 118 Å². The van der Waals surface area contributed by atoms with E-state index >= 15 is 0 Å². The van der Waals surface area contributed by atoms with Gasteiger partial charge in [0.1, 0.15) is 0 Å². The van der Waals surface area contributed by atoms with E-state index in [-0.39, 0.29) is 220 Å². The number of hydrogen-bond acceptors (Lipinski definition) is 26. The number of aliphatic imine (C=N–C) groups is 4. The summed E-state index contributed by atoms with van der Waals surface area (Å²) in [6.45, 7) is 19.3. The minimum absolute atomic E-state index is 0. The number of nitrogens with zero attached hydrogens (tertiary/aromatic N) is 4. The number of aliphatic hydroxyl groups is 10. The molecule has 0 atom stereocenters. The van der Waals surface area contributed by atoms with Crippen molar-refractivity contribution in [1.29, 1.82) is 0 Å². The molecule has 0 saturated carbocycles. The van der Waals surface area contributed by atoms with E-state index in [1.165, 1.54) is 122 Å². The Kier molecular flexibility index (Phi) is 93.7. The maximum Gasteiger partial charge on any atom is 2.00 e. The molecule has 616 valence electrons. The Morgan fingerprint density at radius 2 is 0.400 bits per heavy atom. The maximum absolute atomic E-state index is 11.5. The standard InChI is InChI=1S/4C14H10ClNO3.10C2H6O.4Ni/c4*15-10-5-6-12(11(7-10)14(18)19)16-8-9-3-1-2-4-13(9)17;10*1-2-3;;;;/h4*1-8,17H,(H,18,19);10*3H,2H2,1H3;;;;/q;;;;;;;;;;;;;;4*+2/p-8. The number of halogens is 4. The molecule has 8 aromatic carbocycles. The fourth-order valence-corrected chi connectivity index (χ4v) is 6.73. The smallest absolute Gasteiger partial charge is 0.872 e. The van der Waals surface area contributed by atoms with Gasteiger partial charge in [0.25, 0.3) is 0 Å². The summed E-state index contributed by atoms with van der Waals surface area (Å²) in [5.74, 6) is -6.22. The third-order valence-electron chi connectivity index (χ3n) is 9.76. The Bertz CT molecular complexity index is 3280. The van der Waals surface area contributed by atoms with Crippen molar-refractivity contribution in [3.8, 4) is 23.0 Å². The van der Waals surface area contributed by atoms with Gasteiger partial charge in [-0.05, 0) is 164 Å². The van der Waals surface area contributed by atoms with Crippen LogP contribution in [0, 0.1) is 0 Å². The molecular weight excluding hydrogens is 1700 g/mol. The summed E-state index contributed by atoms with van der Waals surface area (Å²) in [6, 6.07) is 42.2. The Morgan fingerprint density at radius 1 is 0.273 bits per heavy atom. The van der Waals surface area contributed by atoms with Crippen LogP contribution in [0.5, 0.6) is 23.0 Å². The monoisotopic (exact) mass is 1780 g/mol. The molecule has 10 N–H and O–H groups in total. The van der Waals surface area contributed by atoms with Gasteiger partial charge in [0.2, 0.25) is 0 Å². The van der Waals surface area contributed by atoms with E-state index in [2.05, 4.69) is 20.0 Å². The normalized spacial score (nSPS) is 9.09. The van der Waals surface area contributed by atoms with Crippen molar-refractivity contribution in [3.05, 3.63) is 234 Å². The van der Waals surface area contributed by atoms with E-state index in [0.29, 0.717) is 22.3 Å². The fourth-order valence-electron chi connectivity index (χ4n) is 6.04. The zero-order valence-electron chi connectivity index (χ0n) is 61.5. The summed E-state index contributed by atoms with van der Waals surface area (Å²) in [5.41, 5.74) is 1.78. The first-order chi connectivity index (χ1) is 50.4. The van der Waals surface area contributed by atoms with Gasteiger partial charge >= 0.3 is 66.0 Å². The summed E-state index contributed by atoms with van der Waals surface area (Å²) in [6.07, 6.45) is 5.27. The van der Waals surface area contributed by atoms with Gasteiger partial charge in [-0.25, -0.2) is 0 Å². The van der Waals surface area contributed by atoms with Gasteiger partial charge in [0.05, 0.1) is 46.6 Å². The third kappa shape index (κ3) is 64.0. The van der Waals surface area contributed by atoms with Gasteiger partial charge in [-0.3, -0.25) is 20.0 Å². The number of benzene rings is 8. The molecule has 0 heterocycles. The van der Waals surface area contributed by atoms with E-state index in [0.717, 1.165) is 0 Å². The van der Waals surface area contributed by atoms with E-state index in [1.807, 2.05) is 0 Å². The largest absolute Gasteiger partial charge is 2.00 e. The van der Waals surface area contributed by atoms with Crippen molar-refractivity contribution in [2.24, 2.45) is 20.0 Å². The fraction of sp³-hybridized carbons (Fsp3) is 0.263. The number of aromatic carboxylic acids is 4. The van der Waals surface area contributed by atoms with Gasteiger partial charge in [-0.2, -0.15) is 0 Å². The van der Waals surface area contributed by atoms with Crippen molar-refractivity contribution in [2.75, 3.05) is 66.1 Å². The number of rotatable bonds is 12. The van der Waals surface area contributed by atoms with Gasteiger partial charge in [0.15, 0.2) is 0 Å². The molecule has 0 fully saturated rings. The summed E-state index contributed by atoms with van der Waals surface area (Å²) in [7, 11) is 0. The number of carbonyl (C=O) groups excluding carboxylic acids is 4. The van der Waals surface area contributed by atoms with Crippen molar-refractivity contribution in [3.63, 3.8) is 0 Å². The second kappa shape index (κ2) is 83.7. The molecule has 8 rings (SSSR count). The first-order valence-corrected chi connectivity index (χ1v) is 33.3. The molecule has 0 saturated heterocycles. The molecule has 0 aliphatic rings. The second-order valence-electron chi connectivity index (χ2n) is 18.1. The summed E-state index contributed by atoms with van der Waals surface area (Å²) < 4.78 is 0. The number of carboxylic acids is 4. The molecule has 26 nitrogen and oxygen atoms in total. The Balaban J connectivity index is -0.000000133. The van der Waals surface area contributed by atoms with Crippen LogP contribution in [0.2, 0.25) is 20.1 Å². The third-order valence-corrected chi connectivity index (χ3v) is 10.7. The molecule has 110 heavy (non-hydrogen) atoms. The number of carbonyl (C=O) groups is 4. The summed E-state index contributed by atoms with van der Waals surface area (Å²) in [5, 5.41) is 166. The molecule has 0 amide bonds.